The Morgan fingerprint density at radius 1 is 1.41 bits per heavy atom. The standard InChI is InChI=1S/C12H19N3O2/c1-3-17-12-10-8-15(6-7-16-2)5-4-11(10)13-9-14-12/h9H,3-8H2,1-2H3. The first kappa shape index (κ1) is 12.3. The smallest absolute Gasteiger partial charge is 0.221 e. The number of ether oxygens (including phenoxy) is 2. The molecule has 2 heterocycles. The summed E-state index contributed by atoms with van der Waals surface area (Å²) in [5.41, 5.74) is 2.26. The van der Waals surface area contributed by atoms with Gasteiger partial charge in [0, 0.05) is 38.7 Å². The third-order valence-corrected chi connectivity index (χ3v) is 2.93. The fraction of sp³-hybridized carbons (Fsp3) is 0.667. The second-order valence-electron chi connectivity index (χ2n) is 4.06. The molecule has 0 saturated heterocycles. The monoisotopic (exact) mass is 237 g/mol. The van der Waals surface area contributed by atoms with Gasteiger partial charge < -0.3 is 9.47 Å². The van der Waals surface area contributed by atoms with Crippen LogP contribution in [-0.4, -0.2) is 48.3 Å². The predicted molar refractivity (Wildman–Crippen MR) is 64.1 cm³/mol. The van der Waals surface area contributed by atoms with Crippen LogP contribution >= 0.6 is 0 Å². The van der Waals surface area contributed by atoms with Crippen molar-refractivity contribution in [2.75, 3.05) is 33.4 Å². The van der Waals surface area contributed by atoms with E-state index in [4.69, 9.17) is 9.47 Å². The molecule has 0 spiro atoms. The van der Waals surface area contributed by atoms with Gasteiger partial charge in [0.15, 0.2) is 0 Å². The van der Waals surface area contributed by atoms with Gasteiger partial charge in [-0.25, -0.2) is 9.97 Å². The van der Waals surface area contributed by atoms with Crippen molar-refractivity contribution in [1.82, 2.24) is 14.9 Å². The molecule has 5 heteroatoms. The van der Waals surface area contributed by atoms with Crippen molar-refractivity contribution in [2.24, 2.45) is 0 Å². The number of rotatable bonds is 5. The molecular formula is C12H19N3O2. The Morgan fingerprint density at radius 2 is 2.29 bits per heavy atom. The van der Waals surface area contributed by atoms with Gasteiger partial charge in [-0.1, -0.05) is 0 Å². The van der Waals surface area contributed by atoms with Crippen molar-refractivity contribution >= 4 is 0 Å². The molecule has 0 aliphatic carbocycles. The van der Waals surface area contributed by atoms with E-state index in [-0.39, 0.29) is 0 Å². The van der Waals surface area contributed by atoms with E-state index in [1.54, 1.807) is 13.4 Å². The number of nitrogens with zero attached hydrogens (tertiary/aromatic N) is 3. The Balaban J connectivity index is 2.11. The van der Waals surface area contributed by atoms with Gasteiger partial charge in [-0.2, -0.15) is 0 Å². The van der Waals surface area contributed by atoms with Crippen LogP contribution in [0.15, 0.2) is 6.33 Å². The molecule has 0 N–H and O–H groups in total. The molecule has 0 atom stereocenters. The van der Waals surface area contributed by atoms with Crippen molar-refractivity contribution in [3.8, 4) is 5.88 Å². The summed E-state index contributed by atoms with van der Waals surface area (Å²) in [6.07, 6.45) is 2.55. The van der Waals surface area contributed by atoms with Crippen LogP contribution in [0.1, 0.15) is 18.2 Å². The molecule has 1 aromatic rings. The van der Waals surface area contributed by atoms with Crippen LogP contribution in [0.4, 0.5) is 0 Å². The maximum Gasteiger partial charge on any atom is 0.221 e. The van der Waals surface area contributed by atoms with Gasteiger partial charge in [0.05, 0.1) is 18.9 Å². The van der Waals surface area contributed by atoms with E-state index in [1.807, 2.05) is 6.92 Å². The van der Waals surface area contributed by atoms with Crippen LogP contribution in [0.2, 0.25) is 0 Å². The van der Waals surface area contributed by atoms with E-state index in [2.05, 4.69) is 14.9 Å². The molecule has 94 valence electrons. The quantitative estimate of drug-likeness (QED) is 0.761. The predicted octanol–water partition coefficient (Wildman–Crippen LogP) is 0.880. The van der Waals surface area contributed by atoms with E-state index in [0.29, 0.717) is 6.61 Å². The summed E-state index contributed by atoms with van der Waals surface area (Å²) in [5.74, 6) is 0.736. The summed E-state index contributed by atoms with van der Waals surface area (Å²) in [6.45, 7) is 6.19. The molecular weight excluding hydrogens is 218 g/mol. The van der Waals surface area contributed by atoms with Gasteiger partial charge in [0.2, 0.25) is 5.88 Å². The maximum absolute atomic E-state index is 5.55. The molecule has 1 aliphatic rings. The number of methoxy groups -OCH3 is 1. The molecule has 0 bridgehead atoms. The van der Waals surface area contributed by atoms with Crippen LogP contribution < -0.4 is 4.74 Å². The Bertz CT molecular complexity index is 371. The minimum atomic E-state index is 0.640. The highest BCUT2D eigenvalue weighted by Gasteiger charge is 2.21. The van der Waals surface area contributed by atoms with Gasteiger partial charge in [-0.05, 0) is 6.92 Å². The summed E-state index contributed by atoms with van der Waals surface area (Å²) in [6, 6.07) is 0. The van der Waals surface area contributed by atoms with Crippen LogP contribution in [-0.2, 0) is 17.7 Å². The molecule has 1 aliphatic heterocycles. The summed E-state index contributed by atoms with van der Waals surface area (Å²) < 4.78 is 10.7. The molecule has 1 aromatic heterocycles. The second-order valence-corrected chi connectivity index (χ2v) is 4.06. The largest absolute Gasteiger partial charge is 0.478 e. The van der Waals surface area contributed by atoms with E-state index in [9.17, 15) is 0 Å². The molecule has 0 saturated carbocycles. The maximum atomic E-state index is 5.55. The number of fused-ring (bicyclic) bond motifs is 1. The van der Waals surface area contributed by atoms with E-state index in [1.165, 1.54) is 0 Å². The Kier molecular flexibility index (Phi) is 4.28. The van der Waals surface area contributed by atoms with Gasteiger partial charge in [0.25, 0.3) is 0 Å². The van der Waals surface area contributed by atoms with Crippen molar-refractivity contribution in [3.63, 3.8) is 0 Å². The molecule has 0 fully saturated rings. The summed E-state index contributed by atoms with van der Waals surface area (Å²) in [4.78, 5) is 10.9. The van der Waals surface area contributed by atoms with Crippen LogP contribution in [0.3, 0.4) is 0 Å². The average molecular weight is 237 g/mol. The normalized spacial score (nSPS) is 15.6. The first-order valence-electron chi connectivity index (χ1n) is 6.02. The fourth-order valence-electron chi connectivity index (χ4n) is 2.04. The summed E-state index contributed by atoms with van der Waals surface area (Å²) in [7, 11) is 1.73. The third kappa shape index (κ3) is 2.92. The van der Waals surface area contributed by atoms with Gasteiger partial charge >= 0.3 is 0 Å². The van der Waals surface area contributed by atoms with Crippen molar-refractivity contribution in [2.45, 2.75) is 19.9 Å². The van der Waals surface area contributed by atoms with Gasteiger partial charge in [-0.3, -0.25) is 4.90 Å². The van der Waals surface area contributed by atoms with Crippen LogP contribution in [0, 0.1) is 0 Å². The van der Waals surface area contributed by atoms with E-state index >= 15 is 0 Å². The zero-order valence-corrected chi connectivity index (χ0v) is 10.5. The van der Waals surface area contributed by atoms with Crippen LogP contribution in [0.5, 0.6) is 5.88 Å². The highest BCUT2D eigenvalue weighted by atomic mass is 16.5. The Morgan fingerprint density at radius 3 is 3.06 bits per heavy atom. The summed E-state index contributed by atoms with van der Waals surface area (Å²) >= 11 is 0. The number of hydrogen-bond acceptors (Lipinski definition) is 5. The lowest BCUT2D eigenvalue weighted by Gasteiger charge is -2.28. The van der Waals surface area contributed by atoms with Gasteiger partial charge in [-0.15, -0.1) is 0 Å². The SMILES string of the molecule is CCOc1ncnc2c1CN(CCOC)CC2. The van der Waals surface area contributed by atoms with Crippen molar-refractivity contribution < 1.29 is 9.47 Å². The van der Waals surface area contributed by atoms with Crippen molar-refractivity contribution in [1.29, 1.82) is 0 Å². The average Bonchev–Trinajstić information content (AvgIpc) is 2.37. The highest BCUT2D eigenvalue weighted by Crippen LogP contribution is 2.24. The minimum Gasteiger partial charge on any atom is -0.478 e. The van der Waals surface area contributed by atoms with E-state index < -0.39 is 0 Å². The third-order valence-electron chi connectivity index (χ3n) is 2.93. The minimum absolute atomic E-state index is 0.640. The zero-order chi connectivity index (χ0) is 12.1. The molecule has 17 heavy (non-hydrogen) atoms. The van der Waals surface area contributed by atoms with Crippen molar-refractivity contribution in [3.05, 3.63) is 17.6 Å². The van der Waals surface area contributed by atoms with Gasteiger partial charge in [0.1, 0.15) is 6.33 Å². The van der Waals surface area contributed by atoms with Crippen LogP contribution in [0.25, 0.3) is 0 Å². The van der Waals surface area contributed by atoms with E-state index in [0.717, 1.165) is 49.8 Å². The first-order valence-corrected chi connectivity index (χ1v) is 6.02. The summed E-state index contributed by atoms with van der Waals surface area (Å²) in [5, 5.41) is 0. The topological polar surface area (TPSA) is 47.5 Å². The second kappa shape index (κ2) is 5.93. The first-order chi connectivity index (χ1) is 8.35. The Hall–Kier alpha value is -1.20. The lowest BCUT2D eigenvalue weighted by Crippen LogP contribution is -2.34. The molecule has 0 aromatic carbocycles. The number of hydrogen-bond donors (Lipinski definition) is 0. The molecule has 5 nitrogen and oxygen atoms in total. The fourth-order valence-corrected chi connectivity index (χ4v) is 2.04. The molecule has 2 rings (SSSR count). The zero-order valence-electron chi connectivity index (χ0n) is 10.5. The Labute approximate surface area is 102 Å². The number of aromatic nitrogens is 2. The molecule has 0 unspecified atom stereocenters. The highest BCUT2D eigenvalue weighted by molar-refractivity contribution is 5.31. The lowest BCUT2D eigenvalue weighted by atomic mass is 10.1. The lowest BCUT2D eigenvalue weighted by molar-refractivity contribution is 0.138. The molecule has 0 amide bonds. The molecule has 0 radical (unpaired) electrons.